The average Bonchev–Trinajstić information content (AvgIpc) is 2.92. The van der Waals surface area contributed by atoms with Crippen molar-refractivity contribution in [1.82, 2.24) is 10.2 Å². The van der Waals surface area contributed by atoms with E-state index < -0.39 is 15.9 Å². The molecule has 10 heteroatoms. The maximum atomic E-state index is 13.6. The molecule has 1 saturated heterocycles. The number of morpholine rings is 1. The van der Waals surface area contributed by atoms with E-state index in [1.54, 1.807) is 24.3 Å². The van der Waals surface area contributed by atoms with Crippen molar-refractivity contribution in [2.75, 3.05) is 43.8 Å². The number of nitrogens with zero attached hydrogens (tertiary/aromatic N) is 2. The fourth-order valence-electron chi connectivity index (χ4n) is 4.17. The highest BCUT2D eigenvalue weighted by atomic mass is 35.5. The van der Waals surface area contributed by atoms with E-state index in [1.807, 2.05) is 19.1 Å². The summed E-state index contributed by atoms with van der Waals surface area (Å²) in [6, 6.07) is 20.5. The Balaban J connectivity index is 1.47. The average molecular weight is 558 g/mol. The molecule has 1 N–H and O–H groups in total. The summed E-state index contributed by atoms with van der Waals surface area (Å²) in [6.45, 7) is 6.33. The van der Waals surface area contributed by atoms with E-state index >= 15 is 0 Å². The number of halogens is 1. The predicted molar refractivity (Wildman–Crippen MR) is 148 cm³/mol. The van der Waals surface area contributed by atoms with Crippen LogP contribution in [-0.4, -0.2) is 58.7 Å². The molecular weight excluding hydrogens is 526 g/mol. The van der Waals surface area contributed by atoms with Gasteiger partial charge in [0, 0.05) is 31.2 Å². The number of anilines is 1. The lowest BCUT2D eigenvalue weighted by Gasteiger charge is -2.26. The summed E-state index contributed by atoms with van der Waals surface area (Å²) >= 11 is 5.96. The topological polar surface area (TPSA) is 88.2 Å². The number of carbonyl (C=O) groups excluding carboxylic acids is 1. The van der Waals surface area contributed by atoms with Crippen LogP contribution in [0.3, 0.4) is 0 Å². The Labute approximate surface area is 229 Å². The quantitative estimate of drug-likeness (QED) is 0.382. The molecule has 1 heterocycles. The molecule has 0 atom stereocenters. The van der Waals surface area contributed by atoms with Crippen LogP contribution in [0.1, 0.15) is 18.1 Å². The lowest BCUT2D eigenvalue weighted by molar-refractivity contribution is -0.119. The first-order chi connectivity index (χ1) is 18.3. The van der Waals surface area contributed by atoms with Crippen molar-refractivity contribution in [3.63, 3.8) is 0 Å². The normalized spacial score (nSPS) is 14.2. The molecule has 0 saturated carbocycles. The fraction of sp³-hybridized carbons (Fsp3) is 0.321. The summed E-state index contributed by atoms with van der Waals surface area (Å²) in [5.41, 5.74) is 2.45. The highest BCUT2D eigenvalue weighted by molar-refractivity contribution is 7.92. The van der Waals surface area contributed by atoms with Crippen LogP contribution in [0.2, 0.25) is 5.02 Å². The standard InChI is InChI=1S/C28H32ClN3O5S/c1-2-37-26-10-8-25(9-11-26)32(38(34,35)27-12-6-24(29)7-13-27)21-28(33)30-19-22-4-3-5-23(18-22)20-31-14-16-36-17-15-31/h3-13,18H,2,14-17,19-21H2,1H3,(H,30,33). The van der Waals surface area contributed by atoms with E-state index in [2.05, 4.69) is 22.3 Å². The van der Waals surface area contributed by atoms with Crippen LogP contribution in [0.25, 0.3) is 0 Å². The molecular formula is C28H32ClN3O5S. The second kappa shape index (κ2) is 13.1. The second-order valence-electron chi connectivity index (χ2n) is 8.88. The monoisotopic (exact) mass is 557 g/mol. The van der Waals surface area contributed by atoms with Crippen LogP contribution in [0.4, 0.5) is 5.69 Å². The Morgan fingerprint density at radius 2 is 1.71 bits per heavy atom. The lowest BCUT2D eigenvalue weighted by Crippen LogP contribution is -2.40. The van der Waals surface area contributed by atoms with Gasteiger partial charge < -0.3 is 14.8 Å². The SMILES string of the molecule is CCOc1ccc(N(CC(=O)NCc2cccc(CN3CCOCC3)c2)S(=O)(=O)c2ccc(Cl)cc2)cc1. The highest BCUT2D eigenvalue weighted by Gasteiger charge is 2.27. The molecule has 0 bridgehead atoms. The van der Waals surface area contributed by atoms with Gasteiger partial charge in [0.05, 0.1) is 30.4 Å². The number of ether oxygens (including phenoxy) is 2. The van der Waals surface area contributed by atoms with Gasteiger partial charge in [-0.25, -0.2) is 8.42 Å². The molecule has 3 aromatic rings. The number of rotatable bonds is 11. The zero-order chi connectivity index (χ0) is 27.0. The zero-order valence-electron chi connectivity index (χ0n) is 21.3. The molecule has 0 spiro atoms. The Morgan fingerprint density at radius 3 is 2.39 bits per heavy atom. The molecule has 1 aliphatic heterocycles. The van der Waals surface area contributed by atoms with Crippen molar-refractivity contribution in [2.45, 2.75) is 24.9 Å². The molecule has 3 aromatic carbocycles. The Hall–Kier alpha value is -3.11. The van der Waals surface area contributed by atoms with Gasteiger partial charge in [0.1, 0.15) is 12.3 Å². The minimum atomic E-state index is -4.04. The lowest BCUT2D eigenvalue weighted by atomic mass is 10.1. The van der Waals surface area contributed by atoms with Crippen molar-refractivity contribution >= 4 is 33.2 Å². The highest BCUT2D eigenvalue weighted by Crippen LogP contribution is 2.26. The van der Waals surface area contributed by atoms with E-state index in [1.165, 1.54) is 24.3 Å². The van der Waals surface area contributed by atoms with Gasteiger partial charge in [0.15, 0.2) is 0 Å². The molecule has 1 fully saturated rings. The van der Waals surface area contributed by atoms with Crippen LogP contribution in [0.5, 0.6) is 5.75 Å². The van der Waals surface area contributed by atoms with E-state index in [4.69, 9.17) is 21.1 Å². The number of amides is 1. The number of nitrogens with one attached hydrogen (secondary N) is 1. The summed E-state index contributed by atoms with van der Waals surface area (Å²) in [6.07, 6.45) is 0. The molecule has 8 nitrogen and oxygen atoms in total. The van der Waals surface area contributed by atoms with Gasteiger partial charge in [-0.05, 0) is 66.6 Å². The number of hydrogen-bond donors (Lipinski definition) is 1. The fourth-order valence-corrected chi connectivity index (χ4v) is 5.71. The van der Waals surface area contributed by atoms with Crippen molar-refractivity contribution in [3.8, 4) is 5.75 Å². The van der Waals surface area contributed by atoms with Crippen molar-refractivity contribution in [1.29, 1.82) is 0 Å². The first-order valence-corrected chi connectivity index (χ1v) is 14.3. The Morgan fingerprint density at radius 1 is 1.03 bits per heavy atom. The summed E-state index contributed by atoms with van der Waals surface area (Å²) in [7, 11) is -4.04. The molecule has 1 aliphatic rings. The molecule has 4 rings (SSSR count). The van der Waals surface area contributed by atoms with Crippen molar-refractivity contribution < 1.29 is 22.7 Å². The van der Waals surface area contributed by atoms with Gasteiger partial charge in [0.25, 0.3) is 10.0 Å². The van der Waals surface area contributed by atoms with E-state index in [0.29, 0.717) is 23.1 Å². The van der Waals surface area contributed by atoms with Crippen LogP contribution in [0, 0.1) is 0 Å². The molecule has 0 unspecified atom stereocenters. The summed E-state index contributed by atoms with van der Waals surface area (Å²) in [5, 5.41) is 3.29. The molecule has 0 aliphatic carbocycles. The third kappa shape index (κ3) is 7.48. The zero-order valence-corrected chi connectivity index (χ0v) is 22.9. The third-order valence-electron chi connectivity index (χ3n) is 6.12. The summed E-state index contributed by atoms with van der Waals surface area (Å²) in [5.74, 6) is 0.191. The second-order valence-corrected chi connectivity index (χ2v) is 11.2. The van der Waals surface area contributed by atoms with E-state index in [9.17, 15) is 13.2 Å². The molecule has 0 radical (unpaired) electrons. The Kier molecular flexibility index (Phi) is 9.63. The van der Waals surface area contributed by atoms with Crippen molar-refractivity contribution in [2.24, 2.45) is 0 Å². The molecule has 1 amide bonds. The van der Waals surface area contributed by atoms with Crippen molar-refractivity contribution in [3.05, 3.63) is 88.9 Å². The van der Waals surface area contributed by atoms with Gasteiger partial charge in [-0.2, -0.15) is 0 Å². The predicted octanol–water partition coefficient (Wildman–Crippen LogP) is 4.08. The minimum Gasteiger partial charge on any atom is -0.494 e. The maximum absolute atomic E-state index is 13.6. The van der Waals surface area contributed by atoms with E-state index in [-0.39, 0.29) is 18.0 Å². The van der Waals surface area contributed by atoms with Gasteiger partial charge in [-0.15, -0.1) is 0 Å². The number of hydrogen-bond acceptors (Lipinski definition) is 6. The number of sulfonamides is 1. The number of benzene rings is 3. The largest absolute Gasteiger partial charge is 0.494 e. The summed E-state index contributed by atoms with van der Waals surface area (Å²) < 4.78 is 39.1. The van der Waals surface area contributed by atoms with Gasteiger partial charge >= 0.3 is 0 Å². The third-order valence-corrected chi connectivity index (χ3v) is 8.16. The first kappa shape index (κ1) is 27.9. The molecule has 0 aromatic heterocycles. The first-order valence-electron chi connectivity index (χ1n) is 12.5. The van der Waals surface area contributed by atoms with Crippen LogP contribution >= 0.6 is 11.6 Å². The van der Waals surface area contributed by atoms with Crippen LogP contribution in [0.15, 0.2) is 77.7 Å². The van der Waals surface area contributed by atoms with Crippen LogP contribution in [-0.2, 0) is 32.6 Å². The van der Waals surface area contributed by atoms with E-state index in [0.717, 1.165) is 48.3 Å². The molecule has 202 valence electrons. The minimum absolute atomic E-state index is 0.0411. The number of carbonyl (C=O) groups is 1. The van der Waals surface area contributed by atoms with Gasteiger partial charge in [-0.1, -0.05) is 35.9 Å². The maximum Gasteiger partial charge on any atom is 0.264 e. The molecule has 38 heavy (non-hydrogen) atoms. The van der Waals surface area contributed by atoms with Gasteiger partial charge in [-0.3, -0.25) is 14.0 Å². The van der Waals surface area contributed by atoms with Crippen LogP contribution < -0.4 is 14.4 Å². The Bertz CT molecular complexity index is 1310. The smallest absolute Gasteiger partial charge is 0.264 e. The van der Waals surface area contributed by atoms with Gasteiger partial charge in [0.2, 0.25) is 5.91 Å². The summed E-state index contributed by atoms with van der Waals surface area (Å²) in [4.78, 5) is 15.4.